The van der Waals surface area contributed by atoms with Crippen molar-refractivity contribution < 1.29 is 22.9 Å². The molecule has 3 aliphatic rings. The molecular formula is C28H51NO5S. The number of nitrogens with zero attached hydrogens (tertiary/aromatic N) is 1. The van der Waals surface area contributed by atoms with Crippen LogP contribution in [0, 0.1) is 46.8 Å². The van der Waals surface area contributed by atoms with Crippen LogP contribution >= 0.6 is 0 Å². The van der Waals surface area contributed by atoms with Gasteiger partial charge in [-0.15, -0.1) is 0 Å². The molecule has 0 aromatic carbocycles. The lowest BCUT2D eigenvalue weighted by Gasteiger charge is -2.56. The first-order valence-electron chi connectivity index (χ1n) is 14.3. The minimum atomic E-state index is -4.06. The number of amides is 1. The highest BCUT2D eigenvalue weighted by atomic mass is 32.2. The molecule has 0 bridgehead atoms. The standard InChI is InChI=1S/C28H51NO5S/c1-6-7-8-9-21-18-25(30)27-22(20(21)3)14-15-28(4)23(11-12-24(27)28)19(2)10-13-26(31)29(5)16-17-35(32,33)34/h19-25,27,30H,6-18H2,1-5H3,(H,32,33,34)/t19-,20-,21+,22-,23-,24+,25-,27-,28-/m1/s1. The van der Waals surface area contributed by atoms with Crippen LogP contribution in [0.25, 0.3) is 0 Å². The Hall–Kier alpha value is -0.660. The zero-order valence-corrected chi connectivity index (χ0v) is 23.6. The van der Waals surface area contributed by atoms with Crippen molar-refractivity contribution in [1.82, 2.24) is 4.90 Å². The highest BCUT2D eigenvalue weighted by Crippen LogP contribution is 2.64. The molecule has 7 heteroatoms. The number of carbonyl (C=O) groups is 1. The lowest BCUT2D eigenvalue weighted by Crippen LogP contribution is -2.52. The molecule has 3 fully saturated rings. The van der Waals surface area contributed by atoms with Crippen molar-refractivity contribution in [1.29, 1.82) is 0 Å². The van der Waals surface area contributed by atoms with E-state index in [-0.39, 0.29) is 24.0 Å². The smallest absolute Gasteiger partial charge is 0.266 e. The summed E-state index contributed by atoms with van der Waals surface area (Å²) in [6, 6.07) is 0. The van der Waals surface area contributed by atoms with Gasteiger partial charge in [0.05, 0.1) is 11.9 Å². The van der Waals surface area contributed by atoms with Gasteiger partial charge in [-0.25, -0.2) is 0 Å². The maximum Gasteiger partial charge on any atom is 0.266 e. The lowest BCUT2D eigenvalue weighted by atomic mass is 9.50. The summed E-state index contributed by atoms with van der Waals surface area (Å²) >= 11 is 0. The highest BCUT2D eigenvalue weighted by Gasteiger charge is 2.58. The van der Waals surface area contributed by atoms with Crippen LogP contribution in [0.3, 0.4) is 0 Å². The normalized spacial score (nSPS) is 38.0. The summed E-state index contributed by atoms with van der Waals surface area (Å²) < 4.78 is 30.9. The van der Waals surface area contributed by atoms with Gasteiger partial charge < -0.3 is 10.0 Å². The van der Waals surface area contributed by atoms with Crippen molar-refractivity contribution in [3.8, 4) is 0 Å². The van der Waals surface area contributed by atoms with Gasteiger partial charge in [-0.2, -0.15) is 8.42 Å². The van der Waals surface area contributed by atoms with Crippen molar-refractivity contribution in [3.05, 3.63) is 0 Å². The van der Waals surface area contributed by atoms with Crippen molar-refractivity contribution in [3.63, 3.8) is 0 Å². The van der Waals surface area contributed by atoms with E-state index in [2.05, 4.69) is 27.7 Å². The van der Waals surface area contributed by atoms with Gasteiger partial charge >= 0.3 is 0 Å². The first kappa shape index (κ1) is 28.9. The number of aliphatic hydroxyl groups is 1. The maximum atomic E-state index is 12.6. The molecule has 0 unspecified atom stereocenters. The van der Waals surface area contributed by atoms with Crippen LogP contribution in [0.1, 0.15) is 98.3 Å². The third-order valence-corrected chi connectivity index (χ3v) is 11.4. The first-order chi connectivity index (χ1) is 16.4. The van der Waals surface area contributed by atoms with E-state index in [9.17, 15) is 18.3 Å². The second-order valence-corrected chi connectivity index (χ2v) is 14.2. The van der Waals surface area contributed by atoms with Crippen LogP contribution in [0.2, 0.25) is 0 Å². The van der Waals surface area contributed by atoms with Crippen molar-refractivity contribution >= 4 is 16.0 Å². The van der Waals surface area contributed by atoms with Gasteiger partial charge in [-0.3, -0.25) is 9.35 Å². The Bertz CT molecular complexity index is 816. The van der Waals surface area contributed by atoms with Crippen molar-refractivity contribution in [2.45, 2.75) is 104 Å². The maximum absolute atomic E-state index is 12.6. The fraction of sp³-hybridized carbons (Fsp3) is 0.964. The summed E-state index contributed by atoms with van der Waals surface area (Å²) in [7, 11) is -2.46. The fourth-order valence-electron chi connectivity index (χ4n) is 8.56. The van der Waals surface area contributed by atoms with E-state index in [0.717, 1.165) is 12.8 Å². The third kappa shape index (κ3) is 6.62. The van der Waals surface area contributed by atoms with Crippen LogP contribution in [-0.4, -0.2) is 54.3 Å². The molecule has 9 atom stereocenters. The molecule has 0 heterocycles. The van der Waals surface area contributed by atoms with Gasteiger partial charge in [0.1, 0.15) is 0 Å². The van der Waals surface area contributed by atoms with Gasteiger partial charge in [-0.05, 0) is 85.4 Å². The Kier molecular flexibility index (Phi) is 9.75. The summed E-state index contributed by atoms with van der Waals surface area (Å²) in [4.78, 5) is 14.0. The minimum Gasteiger partial charge on any atom is -0.393 e. The van der Waals surface area contributed by atoms with E-state index < -0.39 is 15.9 Å². The average molecular weight is 514 g/mol. The summed E-state index contributed by atoms with van der Waals surface area (Å²) in [5.74, 6) is 3.53. The Balaban J connectivity index is 1.59. The molecule has 3 aliphatic carbocycles. The number of rotatable bonds is 11. The summed E-state index contributed by atoms with van der Waals surface area (Å²) in [6.45, 7) is 9.48. The van der Waals surface area contributed by atoms with E-state index in [1.807, 2.05) is 0 Å². The molecule has 3 rings (SSSR count). The molecule has 0 saturated heterocycles. The van der Waals surface area contributed by atoms with Gasteiger partial charge in [0.2, 0.25) is 5.91 Å². The lowest BCUT2D eigenvalue weighted by molar-refractivity contribution is -0.130. The molecule has 2 N–H and O–H groups in total. The van der Waals surface area contributed by atoms with Crippen LogP contribution in [0.5, 0.6) is 0 Å². The molecule has 0 aromatic heterocycles. The molecule has 0 aromatic rings. The monoisotopic (exact) mass is 513 g/mol. The molecule has 204 valence electrons. The second-order valence-electron chi connectivity index (χ2n) is 12.6. The van der Waals surface area contributed by atoms with Crippen LogP contribution < -0.4 is 0 Å². The van der Waals surface area contributed by atoms with Crippen molar-refractivity contribution in [2.24, 2.45) is 46.8 Å². The van der Waals surface area contributed by atoms with E-state index in [1.54, 1.807) is 7.05 Å². The number of unbranched alkanes of at least 4 members (excludes halogenated alkanes) is 2. The highest BCUT2D eigenvalue weighted by molar-refractivity contribution is 7.85. The molecule has 0 aliphatic heterocycles. The van der Waals surface area contributed by atoms with Crippen LogP contribution in [0.15, 0.2) is 0 Å². The van der Waals surface area contributed by atoms with E-state index in [4.69, 9.17) is 4.55 Å². The quantitative estimate of drug-likeness (QED) is 0.285. The number of aliphatic hydroxyl groups excluding tert-OH is 1. The molecule has 6 nitrogen and oxygen atoms in total. The van der Waals surface area contributed by atoms with E-state index >= 15 is 0 Å². The summed E-state index contributed by atoms with van der Waals surface area (Å²) in [6.07, 6.45) is 12.0. The average Bonchev–Trinajstić information content (AvgIpc) is 3.15. The third-order valence-electron chi connectivity index (χ3n) is 10.7. The Labute approximate surface area is 214 Å². The minimum absolute atomic E-state index is 0.0217. The molecule has 1 amide bonds. The Morgan fingerprint density at radius 2 is 1.91 bits per heavy atom. The largest absolute Gasteiger partial charge is 0.393 e. The van der Waals surface area contributed by atoms with Gasteiger partial charge in [0, 0.05) is 20.0 Å². The van der Waals surface area contributed by atoms with Gasteiger partial charge in [-0.1, -0.05) is 53.4 Å². The van der Waals surface area contributed by atoms with E-state index in [0.29, 0.717) is 47.8 Å². The first-order valence-corrected chi connectivity index (χ1v) is 15.9. The SMILES string of the molecule is CCCCC[C@H]1C[C@@H](O)[C@@H]2[C@H](CC[C@]3(C)[C@@H]([C@H](C)CCC(=O)N(C)CCS(=O)(=O)O)CC[C@@H]23)[C@@H]1C. The zero-order chi connectivity index (χ0) is 26.0. The molecule has 3 saturated carbocycles. The number of carbonyl (C=O) groups excluding carboxylic acids is 1. The number of fused-ring (bicyclic) bond motifs is 3. The van der Waals surface area contributed by atoms with E-state index in [1.165, 1.54) is 56.3 Å². The van der Waals surface area contributed by atoms with Crippen LogP contribution in [-0.2, 0) is 14.9 Å². The second kappa shape index (κ2) is 11.8. The zero-order valence-electron chi connectivity index (χ0n) is 22.8. The summed E-state index contributed by atoms with van der Waals surface area (Å²) in [5.41, 5.74) is 0.232. The number of hydrogen-bond donors (Lipinski definition) is 2. The number of hydrogen-bond acceptors (Lipinski definition) is 4. The molecule has 0 spiro atoms. The Morgan fingerprint density at radius 3 is 2.57 bits per heavy atom. The predicted molar refractivity (Wildman–Crippen MR) is 140 cm³/mol. The van der Waals surface area contributed by atoms with Crippen LogP contribution in [0.4, 0.5) is 0 Å². The topological polar surface area (TPSA) is 94.9 Å². The molecular weight excluding hydrogens is 462 g/mol. The molecule has 35 heavy (non-hydrogen) atoms. The predicted octanol–water partition coefficient (Wildman–Crippen LogP) is 5.40. The van der Waals surface area contributed by atoms with Gasteiger partial charge in [0.25, 0.3) is 10.1 Å². The Morgan fingerprint density at radius 1 is 1.20 bits per heavy atom. The molecule has 0 radical (unpaired) electrons. The summed E-state index contributed by atoms with van der Waals surface area (Å²) in [5, 5.41) is 11.4. The van der Waals surface area contributed by atoms with Crippen molar-refractivity contribution in [2.75, 3.05) is 19.3 Å². The van der Waals surface area contributed by atoms with Gasteiger partial charge in [0.15, 0.2) is 0 Å². The fourth-order valence-corrected chi connectivity index (χ4v) is 9.06.